The third-order valence-electron chi connectivity index (χ3n) is 2.00. The van der Waals surface area contributed by atoms with Crippen LogP contribution in [0.1, 0.15) is 12.8 Å². The van der Waals surface area contributed by atoms with Crippen LogP contribution in [0.25, 0.3) is 10.4 Å². The minimum absolute atomic E-state index is 0.0329. The zero-order valence-electron chi connectivity index (χ0n) is 7.54. The maximum atomic E-state index is 12.1. The van der Waals surface area contributed by atoms with Gasteiger partial charge in [-0.15, -0.1) is 0 Å². The van der Waals surface area contributed by atoms with Crippen LogP contribution in [-0.2, 0) is 0 Å². The molecule has 7 heteroatoms. The molecule has 0 N–H and O–H groups in total. The lowest BCUT2D eigenvalue weighted by molar-refractivity contribution is -0.146. The molecular formula is C7H11F3N4. The standard InChI is InChI=1S/C7H11F3N4/c8-7(9,10)5-14(6-1-2-6)4-3-12-13-11/h6H,1-5H2. The van der Waals surface area contributed by atoms with Gasteiger partial charge in [0.1, 0.15) is 0 Å². The van der Waals surface area contributed by atoms with E-state index in [0.717, 1.165) is 12.8 Å². The number of alkyl halides is 3. The molecule has 1 rings (SSSR count). The minimum atomic E-state index is -4.17. The summed E-state index contributed by atoms with van der Waals surface area (Å²) in [7, 11) is 0. The van der Waals surface area contributed by atoms with Crippen molar-refractivity contribution in [3.8, 4) is 0 Å². The van der Waals surface area contributed by atoms with Crippen LogP contribution in [0.2, 0.25) is 0 Å². The maximum Gasteiger partial charge on any atom is 0.401 e. The zero-order chi connectivity index (χ0) is 10.6. The number of halogens is 3. The molecule has 0 aromatic heterocycles. The van der Waals surface area contributed by atoms with Gasteiger partial charge in [-0.3, -0.25) is 4.90 Å². The van der Waals surface area contributed by atoms with E-state index in [9.17, 15) is 13.2 Å². The van der Waals surface area contributed by atoms with E-state index in [0.29, 0.717) is 0 Å². The van der Waals surface area contributed by atoms with Crippen LogP contribution in [0.4, 0.5) is 13.2 Å². The topological polar surface area (TPSA) is 52.0 Å². The first-order valence-corrected chi connectivity index (χ1v) is 4.34. The molecule has 1 aliphatic rings. The van der Waals surface area contributed by atoms with Crippen molar-refractivity contribution in [2.45, 2.75) is 25.1 Å². The van der Waals surface area contributed by atoms with Crippen LogP contribution in [0.15, 0.2) is 5.11 Å². The summed E-state index contributed by atoms with van der Waals surface area (Å²) in [5.74, 6) is 0. The summed E-state index contributed by atoms with van der Waals surface area (Å²) in [6.45, 7) is -0.615. The first-order chi connectivity index (χ1) is 6.53. The lowest BCUT2D eigenvalue weighted by Crippen LogP contribution is -2.37. The van der Waals surface area contributed by atoms with Crippen LogP contribution in [0.3, 0.4) is 0 Å². The summed E-state index contributed by atoms with van der Waals surface area (Å²) in [5, 5.41) is 3.22. The Labute approximate surface area is 79.3 Å². The largest absolute Gasteiger partial charge is 0.401 e. The Morgan fingerprint density at radius 3 is 2.50 bits per heavy atom. The molecule has 0 aromatic rings. The number of nitrogens with zero attached hydrogens (tertiary/aromatic N) is 4. The van der Waals surface area contributed by atoms with Crippen molar-refractivity contribution >= 4 is 0 Å². The molecule has 0 radical (unpaired) electrons. The molecule has 0 bridgehead atoms. The molecule has 80 valence electrons. The predicted molar refractivity (Wildman–Crippen MR) is 44.7 cm³/mol. The normalized spacial score (nSPS) is 16.9. The van der Waals surface area contributed by atoms with Crippen molar-refractivity contribution in [3.63, 3.8) is 0 Å². The third kappa shape index (κ3) is 4.34. The first kappa shape index (κ1) is 11.1. The second-order valence-electron chi connectivity index (χ2n) is 3.27. The van der Waals surface area contributed by atoms with Crippen molar-refractivity contribution in [2.24, 2.45) is 5.11 Å². The predicted octanol–water partition coefficient (Wildman–Crippen LogP) is 2.32. The Hall–Kier alpha value is -0.940. The van der Waals surface area contributed by atoms with Gasteiger partial charge >= 0.3 is 6.18 Å². The Balaban J connectivity index is 2.35. The van der Waals surface area contributed by atoms with Crippen molar-refractivity contribution in [2.75, 3.05) is 19.6 Å². The van der Waals surface area contributed by atoms with E-state index >= 15 is 0 Å². The lowest BCUT2D eigenvalue weighted by atomic mass is 10.4. The monoisotopic (exact) mass is 208 g/mol. The van der Waals surface area contributed by atoms with Gasteiger partial charge in [-0.2, -0.15) is 13.2 Å². The molecule has 0 heterocycles. The van der Waals surface area contributed by atoms with E-state index in [1.165, 1.54) is 4.90 Å². The molecule has 1 fully saturated rings. The van der Waals surface area contributed by atoms with Crippen molar-refractivity contribution in [1.29, 1.82) is 0 Å². The SMILES string of the molecule is [N-]=[N+]=NCCN(CC(F)(F)F)C1CC1. The molecule has 0 amide bonds. The van der Waals surface area contributed by atoms with E-state index in [1.54, 1.807) is 0 Å². The summed E-state index contributed by atoms with van der Waals surface area (Å²) in [6, 6.07) is 0.0329. The zero-order valence-corrected chi connectivity index (χ0v) is 7.54. The van der Waals surface area contributed by atoms with Crippen molar-refractivity contribution in [3.05, 3.63) is 10.4 Å². The highest BCUT2D eigenvalue weighted by molar-refractivity contribution is 4.85. The van der Waals surface area contributed by atoms with Gasteiger partial charge in [-0.05, 0) is 18.4 Å². The molecule has 0 atom stereocenters. The van der Waals surface area contributed by atoms with Crippen LogP contribution in [0, 0.1) is 0 Å². The molecule has 0 aliphatic heterocycles. The number of hydrogen-bond donors (Lipinski definition) is 0. The summed E-state index contributed by atoms with van der Waals surface area (Å²) in [6.07, 6.45) is -2.54. The fourth-order valence-corrected chi connectivity index (χ4v) is 1.28. The van der Waals surface area contributed by atoms with Gasteiger partial charge in [-0.25, -0.2) is 0 Å². The van der Waals surface area contributed by atoms with Crippen molar-refractivity contribution < 1.29 is 13.2 Å². The molecular weight excluding hydrogens is 197 g/mol. The molecule has 0 spiro atoms. The molecule has 0 saturated heterocycles. The number of rotatable bonds is 5. The number of hydrogen-bond acceptors (Lipinski definition) is 2. The summed E-state index contributed by atoms with van der Waals surface area (Å²) in [5.41, 5.74) is 7.98. The van der Waals surface area contributed by atoms with Gasteiger partial charge in [0.25, 0.3) is 0 Å². The second kappa shape index (κ2) is 4.52. The van der Waals surface area contributed by atoms with Gasteiger partial charge < -0.3 is 0 Å². The van der Waals surface area contributed by atoms with Crippen LogP contribution in [0.5, 0.6) is 0 Å². The lowest BCUT2D eigenvalue weighted by Gasteiger charge is -2.22. The van der Waals surface area contributed by atoms with Crippen LogP contribution < -0.4 is 0 Å². The molecule has 1 aliphatic carbocycles. The fraction of sp³-hybridized carbons (Fsp3) is 1.00. The van der Waals surface area contributed by atoms with E-state index in [1.807, 2.05) is 0 Å². The van der Waals surface area contributed by atoms with E-state index in [-0.39, 0.29) is 19.1 Å². The highest BCUT2D eigenvalue weighted by atomic mass is 19.4. The quantitative estimate of drug-likeness (QED) is 0.388. The Bertz CT molecular complexity index is 230. The number of azide groups is 1. The smallest absolute Gasteiger partial charge is 0.292 e. The minimum Gasteiger partial charge on any atom is -0.292 e. The molecule has 0 unspecified atom stereocenters. The van der Waals surface area contributed by atoms with E-state index in [2.05, 4.69) is 10.0 Å². The highest BCUT2D eigenvalue weighted by Crippen LogP contribution is 2.29. The second-order valence-corrected chi connectivity index (χ2v) is 3.27. The maximum absolute atomic E-state index is 12.1. The summed E-state index contributed by atoms with van der Waals surface area (Å²) >= 11 is 0. The van der Waals surface area contributed by atoms with E-state index < -0.39 is 12.7 Å². The molecule has 0 aromatic carbocycles. The Morgan fingerprint density at radius 2 is 2.07 bits per heavy atom. The summed E-state index contributed by atoms with van der Waals surface area (Å²) < 4.78 is 36.2. The van der Waals surface area contributed by atoms with Gasteiger partial charge in [0.15, 0.2) is 0 Å². The molecule has 14 heavy (non-hydrogen) atoms. The van der Waals surface area contributed by atoms with Crippen molar-refractivity contribution in [1.82, 2.24) is 4.90 Å². The van der Waals surface area contributed by atoms with Crippen LogP contribution in [-0.4, -0.2) is 36.8 Å². The summed E-state index contributed by atoms with van der Waals surface area (Å²) in [4.78, 5) is 3.83. The average Bonchev–Trinajstić information content (AvgIpc) is 2.83. The Kier molecular flexibility index (Phi) is 3.60. The Morgan fingerprint density at radius 1 is 1.43 bits per heavy atom. The van der Waals surface area contributed by atoms with Gasteiger partial charge in [0.05, 0.1) is 6.54 Å². The molecule has 4 nitrogen and oxygen atoms in total. The van der Waals surface area contributed by atoms with Gasteiger partial charge in [0.2, 0.25) is 0 Å². The van der Waals surface area contributed by atoms with Gasteiger partial charge in [0, 0.05) is 24.0 Å². The van der Waals surface area contributed by atoms with Crippen LogP contribution >= 0.6 is 0 Å². The first-order valence-electron chi connectivity index (χ1n) is 4.34. The molecule has 1 saturated carbocycles. The fourth-order valence-electron chi connectivity index (χ4n) is 1.28. The highest BCUT2D eigenvalue weighted by Gasteiger charge is 2.37. The van der Waals surface area contributed by atoms with E-state index in [4.69, 9.17) is 5.53 Å². The van der Waals surface area contributed by atoms with Gasteiger partial charge in [-0.1, -0.05) is 5.11 Å². The third-order valence-corrected chi connectivity index (χ3v) is 2.00. The average molecular weight is 208 g/mol.